The van der Waals surface area contributed by atoms with E-state index in [-0.39, 0.29) is 11.5 Å². The third-order valence-electron chi connectivity index (χ3n) is 3.59. The molecule has 0 radical (unpaired) electrons. The van der Waals surface area contributed by atoms with Gasteiger partial charge in [-0.15, -0.1) is 11.6 Å². The van der Waals surface area contributed by atoms with Gasteiger partial charge in [0.25, 0.3) is 0 Å². The fraction of sp³-hybridized carbons (Fsp3) is 0.462. The second-order valence-corrected chi connectivity index (χ2v) is 7.51. The molecule has 108 valence electrons. The van der Waals surface area contributed by atoms with E-state index in [1.165, 1.54) is 0 Å². The standard InChI is InChI=1S/C13H16ClN3O2S/c14-10-11-13(15-12-4-1-2-6-17(11)12)16-5-3-8-20(18,19)9-7-16/h1-2,4,6H,3,5,7-10H2. The van der Waals surface area contributed by atoms with E-state index in [4.69, 9.17) is 11.6 Å². The second-order valence-electron chi connectivity index (χ2n) is 4.94. The molecule has 1 aliphatic rings. The van der Waals surface area contributed by atoms with Crippen LogP contribution in [0, 0.1) is 0 Å². The van der Waals surface area contributed by atoms with Crippen molar-refractivity contribution in [3.8, 4) is 0 Å². The summed E-state index contributed by atoms with van der Waals surface area (Å²) in [6, 6.07) is 5.78. The van der Waals surface area contributed by atoms with Crippen molar-refractivity contribution in [3.63, 3.8) is 0 Å². The van der Waals surface area contributed by atoms with Crippen molar-refractivity contribution >= 4 is 32.9 Å². The van der Waals surface area contributed by atoms with Gasteiger partial charge >= 0.3 is 0 Å². The maximum Gasteiger partial charge on any atom is 0.152 e. The number of anilines is 1. The third kappa shape index (κ3) is 2.50. The van der Waals surface area contributed by atoms with Crippen LogP contribution in [0.3, 0.4) is 0 Å². The number of imidazole rings is 1. The summed E-state index contributed by atoms with van der Waals surface area (Å²) < 4.78 is 25.4. The molecular weight excluding hydrogens is 298 g/mol. The predicted octanol–water partition coefficient (Wildman–Crippen LogP) is 1.70. The van der Waals surface area contributed by atoms with Crippen LogP contribution in [0.4, 0.5) is 5.82 Å². The zero-order valence-electron chi connectivity index (χ0n) is 11.0. The van der Waals surface area contributed by atoms with Gasteiger partial charge in [-0.05, 0) is 18.6 Å². The van der Waals surface area contributed by atoms with Crippen molar-refractivity contribution in [2.75, 3.05) is 29.5 Å². The van der Waals surface area contributed by atoms with Crippen LogP contribution in [-0.4, -0.2) is 42.4 Å². The summed E-state index contributed by atoms with van der Waals surface area (Å²) in [5.41, 5.74) is 1.76. The van der Waals surface area contributed by atoms with Gasteiger partial charge < -0.3 is 9.30 Å². The van der Waals surface area contributed by atoms with Crippen LogP contribution in [0.25, 0.3) is 5.65 Å². The Kier molecular flexibility index (Phi) is 3.60. The number of hydrogen-bond donors (Lipinski definition) is 0. The molecule has 2 aromatic heterocycles. The van der Waals surface area contributed by atoms with E-state index < -0.39 is 9.84 Å². The van der Waals surface area contributed by atoms with Gasteiger partial charge in [0.1, 0.15) is 5.65 Å². The first-order valence-corrected chi connectivity index (χ1v) is 8.93. The van der Waals surface area contributed by atoms with Crippen LogP contribution >= 0.6 is 11.6 Å². The lowest BCUT2D eigenvalue weighted by atomic mass is 10.3. The average molecular weight is 314 g/mol. The van der Waals surface area contributed by atoms with Crippen LogP contribution in [0.15, 0.2) is 24.4 Å². The number of fused-ring (bicyclic) bond motifs is 1. The van der Waals surface area contributed by atoms with Crippen LogP contribution in [0.2, 0.25) is 0 Å². The Hall–Kier alpha value is -1.27. The molecule has 0 amide bonds. The molecule has 0 saturated carbocycles. The molecular formula is C13H16ClN3O2S. The van der Waals surface area contributed by atoms with E-state index in [9.17, 15) is 8.42 Å². The number of aromatic nitrogens is 2. The van der Waals surface area contributed by atoms with Gasteiger partial charge in [0, 0.05) is 19.3 Å². The number of sulfone groups is 1. The Morgan fingerprint density at radius 1 is 1.25 bits per heavy atom. The van der Waals surface area contributed by atoms with Gasteiger partial charge in [-0.2, -0.15) is 0 Å². The monoisotopic (exact) mass is 313 g/mol. The topological polar surface area (TPSA) is 54.7 Å². The van der Waals surface area contributed by atoms with E-state index in [1.807, 2.05) is 33.7 Å². The van der Waals surface area contributed by atoms with Gasteiger partial charge in [-0.1, -0.05) is 6.07 Å². The molecule has 1 fully saturated rings. The fourth-order valence-corrected chi connectivity index (χ4v) is 4.08. The highest BCUT2D eigenvalue weighted by molar-refractivity contribution is 7.91. The van der Waals surface area contributed by atoms with Gasteiger partial charge in [-0.25, -0.2) is 13.4 Å². The number of rotatable bonds is 2. The van der Waals surface area contributed by atoms with Crippen LogP contribution < -0.4 is 4.90 Å². The van der Waals surface area contributed by atoms with Crippen molar-refractivity contribution < 1.29 is 8.42 Å². The lowest BCUT2D eigenvalue weighted by molar-refractivity contribution is 0.597. The summed E-state index contributed by atoms with van der Waals surface area (Å²) in [4.78, 5) is 6.64. The third-order valence-corrected chi connectivity index (χ3v) is 5.56. The average Bonchev–Trinajstić information content (AvgIpc) is 2.70. The van der Waals surface area contributed by atoms with E-state index >= 15 is 0 Å². The summed E-state index contributed by atoms with van der Waals surface area (Å²) in [6.45, 7) is 1.18. The molecule has 0 bridgehead atoms. The van der Waals surface area contributed by atoms with Crippen molar-refractivity contribution in [1.82, 2.24) is 9.38 Å². The maximum atomic E-state index is 11.7. The largest absolute Gasteiger partial charge is 0.354 e. The lowest BCUT2D eigenvalue weighted by Crippen LogP contribution is -2.27. The van der Waals surface area contributed by atoms with Crippen molar-refractivity contribution in [2.24, 2.45) is 0 Å². The number of halogens is 1. The van der Waals surface area contributed by atoms with Crippen molar-refractivity contribution in [2.45, 2.75) is 12.3 Å². The minimum atomic E-state index is -2.92. The molecule has 0 spiro atoms. The number of nitrogens with zero attached hydrogens (tertiary/aromatic N) is 3. The van der Waals surface area contributed by atoms with E-state index in [2.05, 4.69) is 4.98 Å². The minimum Gasteiger partial charge on any atom is -0.354 e. The zero-order valence-corrected chi connectivity index (χ0v) is 12.6. The molecule has 3 heterocycles. The first kappa shape index (κ1) is 13.7. The summed E-state index contributed by atoms with van der Waals surface area (Å²) in [5, 5.41) is 0. The quantitative estimate of drug-likeness (QED) is 0.792. The second kappa shape index (κ2) is 5.26. The molecule has 7 heteroatoms. The van der Waals surface area contributed by atoms with Crippen LogP contribution in [0.5, 0.6) is 0 Å². The highest BCUT2D eigenvalue weighted by Crippen LogP contribution is 2.24. The van der Waals surface area contributed by atoms with Crippen LogP contribution in [0.1, 0.15) is 12.1 Å². The molecule has 2 aromatic rings. The number of pyridine rings is 1. The SMILES string of the molecule is O=S1(=O)CCCN(c2nc3ccccn3c2CCl)CC1. The number of alkyl halides is 1. The van der Waals surface area contributed by atoms with E-state index in [0.29, 0.717) is 25.4 Å². The molecule has 0 unspecified atom stereocenters. The molecule has 0 atom stereocenters. The summed E-state index contributed by atoms with van der Waals surface area (Å²) in [7, 11) is -2.92. The molecule has 0 aliphatic carbocycles. The Morgan fingerprint density at radius 2 is 2.10 bits per heavy atom. The fourth-order valence-electron chi connectivity index (χ4n) is 2.56. The number of hydrogen-bond acceptors (Lipinski definition) is 4. The van der Waals surface area contributed by atoms with Gasteiger partial charge in [0.2, 0.25) is 0 Å². The summed E-state index contributed by atoms with van der Waals surface area (Å²) in [6.07, 6.45) is 2.57. The first-order valence-electron chi connectivity index (χ1n) is 6.58. The molecule has 5 nitrogen and oxygen atoms in total. The van der Waals surface area contributed by atoms with E-state index in [1.54, 1.807) is 0 Å². The molecule has 3 rings (SSSR count). The van der Waals surface area contributed by atoms with Crippen molar-refractivity contribution in [1.29, 1.82) is 0 Å². The maximum absolute atomic E-state index is 11.7. The van der Waals surface area contributed by atoms with E-state index in [0.717, 1.165) is 17.2 Å². The van der Waals surface area contributed by atoms with Gasteiger partial charge in [-0.3, -0.25) is 0 Å². The summed E-state index contributed by atoms with van der Waals surface area (Å²) in [5.74, 6) is 1.60. The Balaban J connectivity index is 2.01. The van der Waals surface area contributed by atoms with Crippen LogP contribution in [-0.2, 0) is 15.7 Å². The van der Waals surface area contributed by atoms with Gasteiger partial charge in [0.15, 0.2) is 15.7 Å². The molecule has 0 N–H and O–H groups in total. The Morgan fingerprint density at radius 3 is 2.90 bits per heavy atom. The minimum absolute atomic E-state index is 0.183. The smallest absolute Gasteiger partial charge is 0.152 e. The molecule has 0 aromatic carbocycles. The zero-order chi connectivity index (χ0) is 14.2. The molecule has 20 heavy (non-hydrogen) atoms. The highest BCUT2D eigenvalue weighted by Gasteiger charge is 2.23. The molecule has 1 saturated heterocycles. The molecule has 1 aliphatic heterocycles. The Bertz CT molecular complexity index is 726. The Labute approximate surface area is 123 Å². The highest BCUT2D eigenvalue weighted by atomic mass is 35.5. The predicted molar refractivity (Wildman–Crippen MR) is 80.2 cm³/mol. The lowest BCUT2D eigenvalue weighted by Gasteiger charge is -2.20. The van der Waals surface area contributed by atoms with Gasteiger partial charge in [0.05, 0.1) is 23.1 Å². The van der Waals surface area contributed by atoms with Crippen molar-refractivity contribution in [3.05, 3.63) is 30.1 Å². The first-order chi connectivity index (χ1) is 9.61. The normalized spacial score (nSPS) is 19.1. The summed E-state index contributed by atoms with van der Waals surface area (Å²) >= 11 is 6.06.